The normalized spacial score (nSPS) is 13.6. The van der Waals surface area contributed by atoms with Crippen molar-refractivity contribution in [1.82, 2.24) is 5.32 Å². The molecule has 0 spiro atoms. The smallest absolute Gasteiger partial charge is 0.237 e. The number of amides is 1. The number of rotatable bonds is 5. The monoisotopic (exact) mass is 270 g/mol. The average Bonchev–Trinajstić information content (AvgIpc) is 2.35. The maximum absolute atomic E-state index is 11.7. The Labute approximate surface area is 116 Å². The van der Waals surface area contributed by atoms with E-state index in [4.69, 9.17) is 5.73 Å². The minimum absolute atomic E-state index is 0. The number of carbonyl (C=O) groups is 1. The molecule has 0 saturated heterocycles. The van der Waals surface area contributed by atoms with Gasteiger partial charge in [-0.15, -0.1) is 12.4 Å². The summed E-state index contributed by atoms with van der Waals surface area (Å²) >= 11 is 0. The van der Waals surface area contributed by atoms with Crippen LogP contribution in [0.2, 0.25) is 0 Å². The number of nitrogens with two attached hydrogens (primary N) is 1. The van der Waals surface area contributed by atoms with Crippen LogP contribution in [0.15, 0.2) is 30.3 Å². The molecule has 0 aliphatic heterocycles. The molecule has 0 aliphatic rings. The highest BCUT2D eigenvalue weighted by Crippen LogP contribution is 2.13. The molecule has 4 heteroatoms. The van der Waals surface area contributed by atoms with E-state index in [9.17, 15) is 4.79 Å². The van der Waals surface area contributed by atoms with Crippen molar-refractivity contribution in [3.8, 4) is 0 Å². The Kier molecular flexibility index (Phi) is 7.64. The van der Waals surface area contributed by atoms with Gasteiger partial charge >= 0.3 is 0 Å². The first-order valence-corrected chi connectivity index (χ1v) is 6.10. The van der Waals surface area contributed by atoms with Gasteiger partial charge in [-0.1, -0.05) is 51.1 Å². The van der Waals surface area contributed by atoms with E-state index >= 15 is 0 Å². The van der Waals surface area contributed by atoms with Gasteiger partial charge in [-0.05, 0) is 17.4 Å². The maximum atomic E-state index is 11.7. The van der Waals surface area contributed by atoms with Gasteiger partial charge in [0.2, 0.25) is 5.91 Å². The molecule has 1 aromatic carbocycles. The minimum Gasteiger partial charge on any atom is -0.354 e. The fourth-order valence-electron chi connectivity index (χ4n) is 1.57. The van der Waals surface area contributed by atoms with Crippen molar-refractivity contribution in [2.75, 3.05) is 6.54 Å². The summed E-state index contributed by atoms with van der Waals surface area (Å²) in [6.07, 6.45) is 0. The Morgan fingerprint density at radius 2 is 1.78 bits per heavy atom. The SMILES string of the molecule is CC(CNC(=O)[C@@H](N)C(C)C)c1ccccc1.Cl. The van der Waals surface area contributed by atoms with Crippen LogP contribution in [0.1, 0.15) is 32.3 Å². The molecule has 102 valence electrons. The third-order valence-corrected chi connectivity index (χ3v) is 2.97. The number of benzene rings is 1. The zero-order valence-corrected chi connectivity index (χ0v) is 12.0. The molecule has 0 aliphatic carbocycles. The van der Waals surface area contributed by atoms with Gasteiger partial charge in [0.25, 0.3) is 0 Å². The Morgan fingerprint density at radius 1 is 1.22 bits per heavy atom. The second-order valence-corrected chi connectivity index (χ2v) is 4.83. The van der Waals surface area contributed by atoms with Crippen LogP contribution in [-0.4, -0.2) is 18.5 Å². The molecule has 1 rings (SSSR count). The van der Waals surface area contributed by atoms with E-state index in [-0.39, 0.29) is 24.2 Å². The van der Waals surface area contributed by atoms with Crippen LogP contribution >= 0.6 is 12.4 Å². The highest BCUT2D eigenvalue weighted by Gasteiger charge is 2.17. The van der Waals surface area contributed by atoms with Gasteiger partial charge < -0.3 is 11.1 Å². The summed E-state index contributed by atoms with van der Waals surface area (Å²) in [6, 6.07) is 9.72. The van der Waals surface area contributed by atoms with Crippen molar-refractivity contribution < 1.29 is 4.79 Å². The highest BCUT2D eigenvalue weighted by molar-refractivity contribution is 5.85. The predicted octanol–water partition coefficient (Wildman–Crippen LogP) is 2.31. The van der Waals surface area contributed by atoms with E-state index in [1.165, 1.54) is 5.56 Å². The van der Waals surface area contributed by atoms with Gasteiger partial charge in [-0.3, -0.25) is 4.79 Å². The molecule has 18 heavy (non-hydrogen) atoms. The summed E-state index contributed by atoms with van der Waals surface area (Å²) in [4.78, 5) is 11.7. The first kappa shape index (κ1) is 16.9. The van der Waals surface area contributed by atoms with Crippen LogP contribution in [-0.2, 0) is 4.79 Å². The maximum Gasteiger partial charge on any atom is 0.237 e. The zero-order chi connectivity index (χ0) is 12.8. The van der Waals surface area contributed by atoms with Crippen molar-refractivity contribution in [2.45, 2.75) is 32.7 Å². The van der Waals surface area contributed by atoms with Crippen molar-refractivity contribution in [3.05, 3.63) is 35.9 Å². The van der Waals surface area contributed by atoms with E-state index < -0.39 is 6.04 Å². The number of halogens is 1. The molecule has 0 bridgehead atoms. The summed E-state index contributed by atoms with van der Waals surface area (Å²) in [5, 5.41) is 2.90. The number of nitrogens with one attached hydrogen (secondary N) is 1. The van der Waals surface area contributed by atoms with Crippen LogP contribution in [0.4, 0.5) is 0 Å². The van der Waals surface area contributed by atoms with Crippen molar-refractivity contribution in [1.29, 1.82) is 0 Å². The van der Waals surface area contributed by atoms with E-state index in [0.29, 0.717) is 12.5 Å². The Bertz CT molecular complexity index is 354. The quantitative estimate of drug-likeness (QED) is 0.863. The molecular formula is C14H23ClN2O. The molecule has 2 atom stereocenters. The molecule has 0 aromatic heterocycles. The minimum atomic E-state index is -0.419. The molecule has 0 saturated carbocycles. The fraction of sp³-hybridized carbons (Fsp3) is 0.500. The van der Waals surface area contributed by atoms with E-state index in [0.717, 1.165) is 0 Å². The molecule has 0 fully saturated rings. The summed E-state index contributed by atoms with van der Waals surface area (Å²) in [5.74, 6) is 0.407. The zero-order valence-electron chi connectivity index (χ0n) is 11.2. The third-order valence-electron chi connectivity index (χ3n) is 2.97. The Morgan fingerprint density at radius 3 is 2.28 bits per heavy atom. The van der Waals surface area contributed by atoms with Gasteiger partial charge in [0.1, 0.15) is 0 Å². The molecule has 1 aromatic rings. The second-order valence-electron chi connectivity index (χ2n) is 4.83. The van der Waals surface area contributed by atoms with Crippen LogP contribution in [0.5, 0.6) is 0 Å². The van der Waals surface area contributed by atoms with E-state index in [1.54, 1.807) is 0 Å². The number of carbonyl (C=O) groups excluding carboxylic acids is 1. The number of hydrogen-bond acceptors (Lipinski definition) is 2. The summed E-state index contributed by atoms with van der Waals surface area (Å²) in [6.45, 7) is 6.62. The van der Waals surface area contributed by atoms with Crippen molar-refractivity contribution in [3.63, 3.8) is 0 Å². The molecule has 3 N–H and O–H groups in total. The predicted molar refractivity (Wildman–Crippen MR) is 77.9 cm³/mol. The van der Waals surface area contributed by atoms with Gasteiger partial charge in [-0.25, -0.2) is 0 Å². The Balaban J connectivity index is 0.00000289. The topological polar surface area (TPSA) is 55.1 Å². The van der Waals surface area contributed by atoms with Crippen molar-refractivity contribution >= 4 is 18.3 Å². The highest BCUT2D eigenvalue weighted by atomic mass is 35.5. The standard InChI is InChI=1S/C14H22N2O.ClH/c1-10(2)13(15)14(17)16-9-11(3)12-7-5-4-6-8-12;/h4-8,10-11,13H,9,15H2,1-3H3,(H,16,17);1H/t11?,13-;/m0./s1. The van der Waals surface area contributed by atoms with E-state index in [1.807, 2.05) is 32.0 Å². The summed E-state index contributed by atoms with van der Waals surface area (Å²) in [7, 11) is 0. The molecular weight excluding hydrogens is 248 g/mol. The molecule has 1 amide bonds. The first-order valence-electron chi connectivity index (χ1n) is 6.10. The van der Waals surface area contributed by atoms with Crippen LogP contribution in [0.25, 0.3) is 0 Å². The summed E-state index contributed by atoms with van der Waals surface area (Å²) < 4.78 is 0. The lowest BCUT2D eigenvalue weighted by molar-refractivity contribution is -0.123. The van der Waals surface area contributed by atoms with E-state index in [2.05, 4.69) is 24.4 Å². The second kappa shape index (κ2) is 8.11. The Hall–Kier alpha value is -1.06. The largest absolute Gasteiger partial charge is 0.354 e. The van der Waals surface area contributed by atoms with Crippen LogP contribution in [0, 0.1) is 5.92 Å². The molecule has 0 heterocycles. The number of hydrogen-bond donors (Lipinski definition) is 2. The van der Waals surface area contributed by atoms with Crippen LogP contribution < -0.4 is 11.1 Å². The third kappa shape index (κ3) is 5.07. The lowest BCUT2D eigenvalue weighted by Gasteiger charge is -2.18. The lowest BCUT2D eigenvalue weighted by Crippen LogP contribution is -2.44. The van der Waals surface area contributed by atoms with Gasteiger partial charge in [0.15, 0.2) is 0 Å². The molecule has 1 unspecified atom stereocenters. The van der Waals surface area contributed by atoms with Gasteiger partial charge in [-0.2, -0.15) is 0 Å². The first-order chi connectivity index (χ1) is 8.02. The average molecular weight is 271 g/mol. The van der Waals surface area contributed by atoms with Crippen LogP contribution in [0.3, 0.4) is 0 Å². The summed E-state index contributed by atoms with van der Waals surface area (Å²) in [5.41, 5.74) is 7.00. The van der Waals surface area contributed by atoms with Crippen molar-refractivity contribution in [2.24, 2.45) is 11.7 Å². The molecule has 3 nitrogen and oxygen atoms in total. The lowest BCUT2D eigenvalue weighted by atomic mass is 10.0. The molecule has 0 radical (unpaired) electrons. The fourth-order valence-corrected chi connectivity index (χ4v) is 1.57. The van der Waals surface area contributed by atoms with Gasteiger partial charge in [0, 0.05) is 6.54 Å². The van der Waals surface area contributed by atoms with Gasteiger partial charge in [0.05, 0.1) is 6.04 Å².